The van der Waals surface area contributed by atoms with E-state index in [1.165, 1.54) is 57.8 Å². The van der Waals surface area contributed by atoms with Crippen molar-refractivity contribution in [2.24, 2.45) is 17.3 Å². The molecule has 4 heteroatoms. The number of carbonyl (C=O) groups excluding carboxylic acids is 2. The van der Waals surface area contributed by atoms with Gasteiger partial charge in [0.05, 0.1) is 0 Å². The minimum atomic E-state index is 0.350. The molecule has 0 bridgehead atoms. The number of nitrogens with zero attached hydrogens (tertiary/aromatic N) is 2. The molecule has 2 amide bonds. The summed E-state index contributed by atoms with van der Waals surface area (Å²) in [6.45, 7) is 3.81. The van der Waals surface area contributed by atoms with Gasteiger partial charge in [0, 0.05) is 39.0 Å². The van der Waals surface area contributed by atoms with E-state index in [0.29, 0.717) is 35.5 Å². The zero-order chi connectivity index (χ0) is 17.3. The van der Waals surface area contributed by atoms with Crippen molar-refractivity contribution in [2.75, 3.05) is 26.2 Å². The second kappa shape index (κ2) is 7.28. The Bertz CT molecular complexity index is 502. The van der Waals surface area contributed by atoms with Gasteiger partial charge in [-0.05, 0) is 62.2 Å². The van der Waals surface area contributed by atoms with Crippen molar-refractivity contribution in [1.29, 1.82) is 0 Å². The summed E-state index contributed by atoms with van der Waals surface area (Å²) in [5.41, 5.74) is 0.358. The molecule has 4 aliphatic rings. The topological polar surface area (TPSA) is 40.6 Å². The third-order valence-electron chi connectivity index (χ3n) is 7.62. The Balaban J connectivity index is 1.31. The molecule has 0 aromatic rings. The maximum absolute atomic E-state index is 12.8. The first-order chi connectivity index (χ1) is 12.2. The first-order valence-corrected chi connectivity index (χ1v) is 10.7. The highest BCUT2D eigenvalue weighted by Gasteiger charge is 2.51. The Morgan fingerprint density at radius 3 is 2.24 bits per heavy atom. The molecular weight excluding hydrogens is 312 g/mol. The van der Waals surface area contributed by atoms with Crippen molar-refractivity contribution in [1.82, 2.24) is 9.80 Å². The number of likely N-dealkylation sites (tertiary alicyclic amines) is 2. The van der Waals surface area contributed by atoms with Gasteiger partial charge in [-0.25, -0.2) is 0 Å². The van der Waals surface area contributed by atoms with Crippen molar-refractivity contribution in [3.8, 4) is 0 Å². The molecule has 2 saturated heterocycles. The van der Waals surface area contributed by atoms with Gasteiger partial charge in [-0.15, -0.1) is 0 Å². The van der Waals surface area contributed by atoms with Gasteiger partial charge in [-0.1, -0.05) is 19.3 Å². The van der Waals surface area contributed by atoms with E-state index in [-0.39, 0.29) is 0 Å². The summed E-state index contributed by atoms with van der Waals surface area (Å²) in [4.78, 5) is 29.4. The highest BCUT2D eigenvalue weighted by atomic mass is 16.2. The summed E-state index contributed by atoms with van der Waals surface area (Å²) in [7, 11) is 0. The minimum absolute atomic E-state index is 0.350. The van der Waals surface area contributed by atoms with Gasteiger partial charge in [0.2, 0.25) is 11.8 Å². The minimum Gasteiger partial charge on any atom is -0.343 e. The van der Waals surface area contributed by atoms with Crippen molar-refractivity contribution in [2.45, 2.75) is 77.0 Å². The molecule has 0 radical (unpaired) electrons. The Morgan fingerprint density at radius 2 is 1.60 bits per heavy atom. The van der Waals surface area contributed by atoms with Crippen LogP contribution >= 0.6 is 0 Å². The quantitative estimate of drug-likeness (QED) is 0.763. The van der Waals surface area contributed by atoms with E-state index in [1.54, 1.807) is 0 Å². The smallest absolute Gasteiger partial charge is 0.222 e. The third kappa shape index (κ3) is 3.59. The first-order valence-electron chi connectivity index (χ1n) is 10.7. The van der Waals surface area contributed by atoms with E-state index in [1.807, 2.05) is 4.90 Å². The fourth-order valence-electron chi connectivity index (χ4n) is 5.83. The van der Waals surface area contributed by atoms with Crippen molar-refractivity contribution in [3.63, 3.8) is 0 Å². The molecule has 2 heterocycles. The van der Waals surface area contributed by atoms with Crippen LogP contribution in [0.25, 0.3) is 0 Å². The van der Waals surface area contributed by atoms with Gasteiger partial charge in [-0.2, -0.15) is 0 Å². The molecule has 140 valence electrons. The number of amides is 2. The molecule has 0 aromatic carbocycles. The summed E-state index contributed by atoms with van der Waals surface area (Å²) < 4.78 is 0. The molecule has 4 nitrogen and oxygen atoms in total. The number of hydrogen-bond acceptors (Lipinski definition) is 2. The zero-order valence-electron chi connectivity index (χ0n) is 15.7. The predicted molar refractivity (Wildman–Crippen MR) is 98.0 cm³/mol. The first kappa shape index (κ1) is 17.4. The van der Waals surface area contributed by atoms with E-state index < -0.39 is 0 Å². The van der Waals surface area contributed by atoms with Crippen LogP contribution < -0.4 is 0 Å². The predicted octanol–water partition coefficient (Wildman–Crippen LogP) is 3.60. The average Bonchev–Trinajstić information content (AvgIpc) is 3.30. The van der Waals surface area contributed by atoms with E-state index in [0.717, 1.165) is 39.0 Å². The fourth-order valence-corrected chi connectivity index (χ4v) is 5.83. The lowest BCUT2D eigenvalue weighted by atomic mass is 9.62. The maximum Gasteiger partial charge on any atom is 0.222 e. The lowest BCUT2D eigenvalue weighted by Gasteiger charge is -2.43. The van der Waals surface area contributed by atoms with Gasteiger partial charge < -0.3 is 9.80 Å². The molecule has 25 heavy (non-hydrogen) atoms. The second-order valence-electron chi connectivity index (χ2n) is 9.17. The monoisotopic (exact) mass is 346 g/mol. The van der Waals surface area contributed by atoms with Gasteiger partial charge in [0.15, 0.2) is 0 Å². The van der Waals surface area contributed by atoms with E-state index >= 15 is 0 Å². The van der Waals surface area contributed by atoms with Crippen LogP contribution in [0.1, 0.15) is 77.0 Å². The Morgan fingerprint density at radius 1 is 0.880 bits per heavy atom. The lowest BCUT2D eigenvalue weighted by Crippen LogP contribution is -2.39. The lowest BCUT2D eigenvalue weighted by molar-refractivity contribution is -0.132. The standard InChI is InChI=1S/C21H34N2O2/c24-19(22-12-3-4-13-22)9-8-18-15-23(16-21(18)10-5-11-21)20(25)14-17-6-1-2-7-17/h17-18H,1-16H2. The van der Waals surface area contributed by atoms with Crippen LogP contribution in [-0.2, 0) is 9.59 Å². The molecular formula is C21H34N2O2. The summed E-state index contributed by atoms with van der Waals surface area (Å²) in [5.74, 6) is 1.94. The van der Waals surface area contributed by atoms with Gasteiger partial charge in [-0.3, -0.25) is 9.59 Å². The summed E-state index contributed by atoms with van der Waals surface area (Å²) in [6, 6.07) is 0. The van der Waals surface area contributed by atoms with Crippen LogP contribution in [0.5, 0.6) is 0 Å². The number of rotatable bonds is 5. The molecule has 0 N–H and O–H groups in total. The Kier molecular flexibility index (Phi) is 5.06. The fraction of sp³-hybridized carbons (Fsp3) is 0.905. The number of hydrogen-bond donors (Lipinski definition) is 0. The van der Waals surface area contributed by atoms with E-state index in [2.05, 4.69) is 4.90 Å². The zero-order valence-corrected chi connectivity index (χ0v) is 15.7. The van der Waals surface area contributed by atoms with E-state index in [9.17, 15) is 9.59 Å². The molecule has 2 aliphatic heterocycles. The van der Waals surface area contributed by atoms with Crippen LogP contribution in [0.4, 0.5) is 0 Å². The largest absolute Gasteiger partial charge is 0.343 e. The highest BCUT2D eigenvalue weighted by Crippen LogP contribution is 2.53. The summed E-state index contributed by atoms with van der Waals surface area (Å²) in [6.07, 6.45) is 13.7. The normalized spacial score (nSPS) is 28.7. The van der Waals surface area contributed by atoms with E-state index in [4.69, 9.17) is 0 Å². The van der Waals surface area contributed by atoms with Crippen molar-refractivity contribution < 1.29 is 9.59 Å². The molecule has 1 atom stereocenters. The Labute approximate surface area is 152 Å². The summed E-state index contributed by atoms with van der Waals surface area (Å²) in [5, 5.41) is 0. The van der Waals surface area contributed by atoms with Gasteiger partial charge in [0.25, 0.3) is 0 Å². The average molecular weight is 347 g/mol. The second-order valence-corrected chi connectivity index (χ2v) is 9.17. The number of carbonyl (C=O) groups is 2. The molecule has 2 saturated carbocycles. The molecule has 4 rings (SSSR count). The third-order valence-corrected chi connectivity index (χ3v) is 7.62. The SMILES string of the molecule is O=C(CCC1CN(C(=O)CC2CCCC2)CC12CCC2)N1CCCC1. The summed E-state index contributed by atoms with van der Waals surface area (Å²) >= 11 is 0. The maximum atomic E-state index is 12.8. The molecule has 1 spiro atoms. The van der Waals surface area contributed by atoms with Gasteiger partial charge >= 0.3 is 0 Å². The van der Waals surface area contributed by atoms with Crippen LogP contribution in [0, 0.1) is 17.3 Å². The molecule has 1 unspecified atom stereocenters. The van der Waals surface area contributed by atoms with Gasteiger partial charge in [0.1, 0.15) is 0 Å². The molecule has 0 aromatic heterocycles. The van der Waals surface area contributed by atoms with Crippen LogP contribution in [0.3, 0.4) is 0 Å². The van der Waals surface area contributed by atoms with Crippen LogP contribution in [0.2, 0.25) is 0 Å². The van der Waals surface area contributed by atoms with Crippen LogP contribution in [-0.4, -0.2) is 47.8 Å². The van der Waals surface area contributed by atoms with Crippen molar-refractivity contribution in [3.05, 3.63) is 0 Å². The molecule has 2 aliphatic carbocycles. The van der Waals surface area contributed by atoms with Crippen LogP contribution in [0.15, 0.2) is 0 Å². The highest BCUT2D eigenvalue weighted by molar-refractivity contribution is 5.77. The molecule has 4 fully saturated rings. The van der Waals surface area contributed by atoms with Crippen molar-refractivity contribution >= 4 is 11.8 Å². The Hall–Kier alpha value is -1.06.